The lowest BCUT2D eigenvalue weighted by Gasteiger charge is -2.11. The van der Waals surface area contributed by atoms with E-state index in [9.17, 15) is 0 Å². The Hall–Kier alpha value is -1.71. The van der Waals surface area contributed by atoms with Crippen LogP contribution in [0.1, 0.15) is 12.8 Å². The van der Waals surface area contributed by atoms with E-state index < -0.39 is 0 Å². The van der Waals surface area contributed by atoms with Crippen molar-refractivity contribution in [3.8, 4) is 5.75 Å². The lowest BCUT2D eigenvalue weighted by molar-refractivity contribution is 0.0679. The van der Waals surface area contributed by atoms with Crippen molar-refractivity contribution in [1.82, 2.24) is 0 Å². The van der Waals surface area contributed by atoms with Crippen molar-refractivity contribution >= 4 is 5.69 Å². The third kappa shape index (κ3) is 2.89. The van der Waals surface area contributed by atoms with Gasteiger partial charge in [0.25, 0.3) is 0 Å². The fourth-order valence-corrected chi connectivity index (χ4v) is 1.63. The standard InChI is InChI=1S/C11H13N3O2/c12-14-13-9-3-5-10(6-4-9)16-8-11-2-1-7-15-11/h3-6,11H,1-2,7-8H2. The summed E-state index contributed by atoms with van der Waals surface area (Å²) in [7, 11) is 0. The maximum atomic E-state index is 8.25. The minimum absolute atomic E-state index is 0.219. The van der Waals surface area contributed by atoms with Crippen LogP contribution < -0.4 is 4.74 Å². The van der Waals surface area contributed by atoms with E-state index in [4.69, 9.17) is 15.0 Å². The van der Waals surface area contributed by atoms with Crippen LogP contribution in [0.3, 0.4) is 0 Å². The third-order valence-electron chi connectivity index (χ3n) is 2.46. The highest BCUT2D eigenvalue weighted by Gasteiger charge is 2.15. The zero-order chi connectivity index (χ0) is 11.2. The first-order chi connectivity index (χ1) is 7.88. The van der Waals surface area contributed by atoms with Crippen LogP contribution in [0.25, 0.3) is 10.4 Å². The summed E-state index contributed by atoms with van der Waals surface area (Å²) in [5.74, 6) is 0.771. The van der Waals surface area contributed by atoms with Gasteiger partial charge in [-0.25, -0.2) is 0 Å². The smallest absolute Gasteiger partial charge is 0.119 e. The van der Waals surface area contributed by atoms with E-state index in [0.29, 0.717) is 12.3 Å². The molecule has 1 aromatic rings. The fourth-order valence-electron chi connectivity index (χ4n) is 1.63. The van der Waals surface area contributed by atoms with Crippen LogP contribution in [0, 0.1) is 0 Å². The van der Waals surface area contributed by atoms with Gasteiger partial charge in [-0.05, 0) is 42.6 Å². The molecule has 1 unspecified atom stereocenters. The molecule has 16 heavy (non-hydrogen) atoms. The number of hydrogen-bond acceptors (Lipinski definition) is 3. The van der Waals surface area contributed by atoms with E-state index in [1.807, 2.05) is 0 Å². The van der Waals surface area contributed by atoms with Gasteiger partial charge < -0.3 is 9.47 Å². The number of rotatable bonds is 4. The molecule has 0 amide bonds. The van der Waals surface area contributed by atoms with Crippen molar-refractivity contribution in [2.24, 2.45) is 5.11 Å². The zero-order valence-corrected chi connectivity index (χ0v) is 8.87. The molecule has 0 aliphatic carbocycles. The highest BCUT2D eigenvalue weighted by molar-refractivity contribution is 5.40. The molecule has 5 heteroatoms. The van der Waals surface area contributed by atoms with Crippen molar-refractivity contribution in [2.75, 3.05) is 13.2 Å². The van der Waals surface area contributed by atoms with Gasteiger partial charge in [-0.3, -0.25) is 0 Å². The Labute approximate surface area is 93.6 Å². The fraction of sp³-hybridized carbons (Fsp3) is 0.455. The van der Waals surface area contributed by atoms with Gasteiger partial charge in [0.1, 0.15) is 12.4 Å². The molecule has 0 spiro atoms. The highest BCUT2D eigenvalue weighted by Crippen LogP contribution is 2.19. The van der Waals surface area contributed by atoms with Crippen LogP contribution in [0.2, 0.25) is 0 Å². The monoisotopic (exact) mass is 219 g/mol. The van der Waals surface area contributed by atoms with Gasteiger partial charge in [-0.1, -0.05) is 5.11 Å². The zero-order valence-electron chi connectivity index (χ0n) is 8.87. The largest absolute Gasteiger partial charge is 0.491 e. The van der Waals surface area contributed by atoms with Gasteiger partial charge in [0.15, 0.2) is 0 Å². The molecule has 1 atom stereocenters. The molecule has 84 valence electrons. The predicted molar refractivity (Wildman–Crippen MR) is 59.7 cm³/mol. The summed E-state index contributed by atoms with van der Waals surface area (Å²) in [5, 5.41) is 3.49. The summed E-state index contributed by atoms with van der Waals surface area (Å²) in [6.07, 6.45) is 2.40. The first kappa shape index (κ1) is 10.8. The molecule has 0 aromatic heterocycles. The van der Waals surface area contributed by atoms with E-state index in [2.05, 4.69) is 10.0 Å². The molecule has 0 N–H and O–H groups in total. The molecule has 1 fully saturated rings. The maximum absolute atomic E-state index is 8.25. The van der Waals surface area contributed by atoms with E-state index in [1.54, 1.807) is 24.3 Å². The Morgan fingerprint density at radius 2 is 2.25 bits per heavy atom. The van der Waals surface area contributed by atoms with Crippen LogP contribution in [0.4, 0.5) is 5.69 Å². The molecular formula is C11H13N3O2. The molecule has 1 saturated heterocycles. The van der Waals surface area contributed by atoms with Crippen LogP contribution in [0.5, 0.6) is 5.75 Å². The number of benzene rings is 1. The van der Waals surface area contributed by atoms with Gasteiger partial charge in [0, 0.05) is 17.2 Å². The molecule has 2 rings (SSSR count). The average molecular weight is 219 g/mol. The molecule has 1 heterocycles. The maximum Gasteiger partial charge on any atom is 0.119 e. The second-order valence-corrected chi connectivity index (χ2v) is 3.63. The summed E-state index contributed by atoms with van der Waals surface area (Å²) < 4.78 is 11.0. The molecule has 1 aliphatic heterocycles. The first-order valence-corrected chi connectivity index (χ1v) is 5.28. The highest BCUT2D eigenvalue weighted by atomic mass is 16.5. The molecule has 0 saturated carbocycles. The van der Waals surface area contributed by atoms with Crippen molar-refractivity contribution in [3.05, 3.63) is 34.7 Å². The Kier molecular flexibility index (Phi) is 3.64. The number of ether oxygens (including phenoxy) is 2. The van der Waals surface area contributed by atoms with Crippen LogP contribution in [-0.4, -0.2) is 19.3 Å². The molecule has 1 aromatic carbocycles. The second-order valence-electron chi connectivity index (χ2n) is 3.63. The average Bonchev–Trinajstić information content (AvgIpc) is 2.82. The Morgan fingerprint density at radius 1 is 1.44 bits per heavy atom. The molecule has 0 bridgehead atoms. The van der Waals surface area contributed by atoms with E-state index >= 15 is 0 Å². The SMILES string of the molecule is [N-]=[N+]=Nc1ccc(OCC2CCCO2)cc1. The van der Waals surface area contributed by atoms with Gasteiger partial charge in [0.2, 0.25) is 0 Å². The molecule has 5 nitrogen and oxygen atoms in total. The minimum atomic E-state index is 0.219. The summed E-state index contributed by atoms with van der Waals surface area (Å²) >= 11 is 0. The van der Waals surface area contributed by atoms with Crippen LogP contribution in [-0.2, 0) is 4.74 Å². The summed E-state index contributed by atoms with van der Waals surface area (Å²) in [6.45, 7) is 1.42. The molecule has 1 aliphatic rings. The topological polar surface area (TPSA) is 67.2 Å². The lowest BCUT2D eigenvalue weighted by atomic mass is 10.2. The minimum Gasteiger partial charge on any atom is -0.491 e. The van der Waals surface area contributed by atoms with Gasteiger partial charge in [-0.2, -0.15) is 0 Å². The van der Waals surface area contributed by atoms with Gasteiger partial charge in [-0.15, -0.1) is 0 Å². The third-order valence-corrected chi connectivity index (χ3v) is 2.46. The van der Waals surface area contributed by atoms with Gasteiger partial charge in [0.05, 0.1) is 6.10 Å². The Bertz CT molecular complexity index is 379. The summed E-state index contributed by atoms with van der Waals surface area (Å²) in [4.78, 5) is 2.71. The van der Waals surface area contributed by atoms with E-state index in [1.165, 1.54) is 0 Å². The van der Waals surface area contributed by atoms with E-state index in [0.717, 1.165) is 25.2 Å². The number of nitrogens with zero attached hydrogens (tertiary/aromatic N) is 3. The Morgan fingerprint density at radius 3 is 2.88 bits per heavy atom. The van der Waals surface area contributed by atoms with Crippen molar-refractivity contribution in [3.63, 3.8) is 0 Å². The summed E-state index contributed by atoms with van der Waals surface area (Å²) in [5.41, 5.74) is 8.84. The van der Waals surface area contributed by atoms with Gasteiger partial charge >= 0.3 is 0 Å². The van der Waals surface area contributed by atoms with Crippen molar-refractivity contribution in [2.45, 2.75) is 18.9 Å². The molecule has 0 radical (unpaired) electrons. The van der Waals surface area contributed by atoms with Crippen molar-refractivity contribution in [1.29, 1.82) is 0 Å². The molecular weight excluding hydrogens is 206 g/mol. The predicted octanol–water partition coefficient (Wildman–Crippen LogP) is 3.19. The van der Waals surface area contributed by atoms with Crippen molar-refractivity contribution < 1.29 is 9.47 Å². The number of azide groups is 1. The normalized spacial score (nSPS) is 19.1. The summed E-state index contributed by atoms with van der Waals surface area (Å²) in [6, 6.07) is 7.03. The van der Waals surface area contributed by atoms with Crippen LogP contribution >= 0.6 is 0 Å². The lowest BCUT2D eigenvalue weighted by Crippen LogP contribution is -2.16. The number of hydrogen-bond donors (Lipinski definition) is 0. The van der Waals surface area contributed by atoms with Crippen LogP contribution in [0.15, 0.2) is 29.4 Å². The first-order valence-electron chi connectivity index (χ1n) is 5.28. The quantitative estimate of drug-likeness (QED) is 0.443. The van der Waals surface area contributed by atoms with E-state index in [-0.39, 0.29) is 6.10 Å². The second kappa shape index (κ2) is 5.39. The Balaban J connectivity index is 1.86.